The summed E-state index contributed by atoms with van der Waals surface area (Å²) in [5.74, 6) is 0.197. The normalized spacial score (nSPS) is 16.9. The number of hydrogen-bond donors (Lipinski definition) is 1. The highest BCUT2D eigenvalue weighted by molar-refractivity contribution is 6.23. The first-order valence-corrected chi connectivity index (χ1v) is 6.65. The maximum atomic E-state index is 12.0. The average Bonchev–Trinajstić information content (AvgIpc) is 2.40. The van der Waals surface area contributed by atoms with E-state index in [9.17, 15) is 9.90 Å². The third-order valence-corrected chi connectivity index (χ3v) is 3.09. The summed E-state index contributed by atoms with van der Waals surface area (Å²) in [4.78, 5) is 20.5. The van der Waals surface area contributed by atoms with Crippen LogP contribution in [0, 0.1) is 0 Å². The monoisotopic (exact) mass is 258 g/mol. The number of rotatable bonds is 4. The average molecular weight is 258 g/mol. The molecular weight excluding hydrogens is 240 g/mol. The molecule has 0 amide bonds. The molecule has 0 saturated heterocycles. The molecule has 2 rings (SSSR count). The van der Waals surface area contributed by atoms with Gasteiger partial charge in [0.1, 0.15) is 5.76 Å². The fraction of sp³-hybridized carbons (Fsp3) is 0.400. The van der Waals surface area contributed by atoms with Gasteiger partial charge in [0.15, 0.2) is 5.78 Å². The molecule has 0 aliphatic heterocycles. The van der Waals surface area contributed by atoms with Crippen molar-refractivity contribution < 1.29 is 9.90 Å². The van der Waals surface area contributed by atoms with E-state index < -0.39 is 0 Å². The molecule has 1 aromatic heterocycles. The van der Waals surface area contributed by atoms with Gasteiger partial charge in [-0.2, -0.15) is 0 Å². The number of aliphatic imine (C=N–C) groups is 1. The quantitative estimate of drug-likeness (QED) is 0.840. The Kier molecular flexibility index (Phi) is 4.44. The van der Waals surface area contributed by atoms with Crippen LogP contribution in [0.25, 0.3) is 0 Å². The van der Waals surface area contributed by atoms with Gasteiger partial charge in [-0.25, -0.2) is 0 Å². The van der Waals surface area contributed by atoms with Crippen molar-refractivity contribution in [2.45, 2.75) is 39.0 Å². The number of aliphatic hydroxyl groups excluding tert-OH is 1. The van der Waals surface area contributed by atoms with Crippen molar-refractivity contribution in [3.05, 3.63) is 35.9 Å². The zero-order valence-electron chi connectivity index (χ0n) is 11.1. The first-order valence-electron chi connectivity index (χ1n) is 6.65. The summed E-state index contributed by atoms with van der Waals surface area (Å²) in [6, 6.07) is 3.58. The molecule has 0 radical (unpaired) electrons. The molecule has 0 unspecified atom stereocenters. The van der Waals surface area contributed by atoms with Crippen LogP contribution in [-0.4, -0.2) is 21.6 Å². The lowest BCUT2D eigenvalue weighted by atomic mass is 9.91. The number of allylic oxidation sites excluding steroid dienone is 2. The van der Waals surface area contributed by atoms with E-state index in [1.807, 2.05) is 6.92 Å². The van der Waals surface area contributed by atoms with Crippen LogP contribution >= 0.6 is 0 Å². The van der Waals surface area contributed by atoms with E-state index in [0.29, 0.717) is 30.5 Å². The predicted octanol–water partition coefficient (Wildman–Crippen LogP) is 3.52. The van der Waals surface area contributed by atoms with Crippen LogP contribution < -0.4 is 0 Å². The summed E-state index contributed by atoms with van der Waals surface area (Å²) >= 11 is 0. The predicted molar refractivity (Wildman–Crippen MR) is 74.8 cm³/mol. The van der Waals surface area contributed by atoms with E-state index in [-0.39, 0.29) is 11.5 Å². The Morgan fingerprint density at radius 3 is 2.74 bits per heavy atom. The SMILES string of the molecule is CCCC(=Nc1ccncc1)C1=C(O)CCCC1=O. The van der Waals surface area contributed by atoms with Gasteiger partial charge >= 0.3 is 0 Å². The lowest BCUT2D eigenvalue weighted by Gasteiger charge is -2.16. The number of aromatic nitrogens is 1. The topological polar surface area (TPSA) is 62.6 Å². The molecule has 19 heavy (non-hydrogen) atoms. The smallest absolute Gasteiger partial charge is 0.168 e. The molecule has 0 bridgehead atoms. The van der Waals surface area contributed by atoms with Crippen molar-refractivity contribution >= 4 is 17.2 Å². The van der Waals surface area contributed by atoms with Crippen LogP contribution in [-0.2, 0) is 4.79 Å². The molecule has 0 saturated carbocycles. The molecular formula is C15H18N2O2. The number of ketones is 1. The van der Waals surface area contributed by atoms with Crippen LogP contribution in [0.15, 0.2) is 40.9 Å². The second-order valence-corrected chi connectivity index (χ2v) is 4.61. The Bertz CT molecular complexity index is 518. The first-order chi connectivity index (χ1) is 9.22. The molecule has 1 aromatic rings. The largest absolute Gasteiger partial charge is 0.511 e. The van der Waals surface area contributed by atoms with E-state index in [0.717, 1.165) is 18.5 Å². The highest BCUT2D eigenvalue weighted by Crippen LogP contribution is 2.24. The van der Waals surface area contributed by atoms with Crippen molar-refractivity contribution in [3.63, 3.8) is 0 Å². The first kappa shape index (κ1) is 13.5. The second kappa shape index (κ2) is 6.27. The molecule has 100 valence electrons. The standard InChI is InChI=1S/C15H18N2O2/c1-2-4-12(17-11-7-9-16-10-8-11)15-13(18)5-3-6-14(15)19/h7-10,18H,2-6H2,1H3. The van der Waals surface area contributed by atoms with Crippen LogP contribution in [0.4, 0.5) is 5.69 Å². The highest BCUT2D eigenvalue weighted by Gasteiger charge is 2.24. The summed E-state index contributed by atoms with van der Waals surface area (Å²) in [7, 11) is 0. The fourth-order valence-corrected chi connectivity index (χ4v) is 2.20. The van der Waals surface area contributed by atoms with Gasteiger partial charge in [-0.05, 0) is 25.0 Å². The molecule has 0 spiro atoms. The van der Waals surface area contributed by atoms with Gasteiger partial charge in [0.2, 0.25) is 0 Å². The van der Waals surface area contributed by atoms with Crippen LogP contribution in [0.5, 0.6) is 0 Å². The Hall–Kier alpha value is -1.97. The van der Waals surface area contributed by atoms with Crippen LogP contribution in [0.3, 0.4) is 0 Å². The number of nitrogens with zero attached hydrogens (tertiary/aromatic N) is 2. The third kappa shape index (κ3) is 3.28. The molecule has 4 heteroatoms. The Morgan fingerprint density at radius 1 is 1.37 bits per heavy atom. The summed E-state index contributed by atoms with van der Waals surface area (Å²) < 4.78 is 0. The van der Waals surface area contributed by atoms with Crippen molar-refractivity contribution in [1.82, 2.24) is 4.98 Å². The Labute approximate surface area is 112 Å². The summed E-state index contributed by atoms with van der Waals surface area (Å²) in [6.07, 6.45) is 6.70. The van der Waals surface area contributed by atoms with Crippen molar-refractivity contribution in [3.8, 4) is 0 Å². The minimum absolute atomic E-state index is 0.00464. The Morgan fingerprint density at radius 2 is 2.11 bits per heavy atom. The number of carbonyl (C=O) groups excluding carboxylic acids is 1. The van der Waals surface area contributed by atoms with Gasteiger partial charge in [-0.3, -0.25) is 14.8 Å². The summed E-state index contributed by atoms with van der Waals surface area (Å²) in [5.41, 5.74) is 1.89. The molecule has 0 fully saturated rings. The second-order valence-electron chi connectivity index (χ2n) is 4.61. The van der Waals surface area contributed by atoms with Gasteiger partial charge in [-0.1, -0.05) is 13.3 Å². The van der Waals surface area contributed by atoms with Crippen molar-refractivity contribution in [1.29, 1.82) is 0 Å². The van der Waals surface area contributed by atoms with Gasteiger partial charge in [0, 0.05) is 25.2 Å². The van der Waals surface area contributed by atoms with Gasteiger partial charge in [0.05, 0.1) is 17.0 Å². The van der Waals surface area contributed by atoms with Gasteiger partial charge < -0.3 is 5.11 Å². The number of aliphatic hydroxyl groups is 1. The number of Topliss-reactive ketones (excluding diaryl/α,β-unsaturated/α-hetero) is 1. The molecule has 1 heterocycles. The van der Waals surface area contributed by atoms with E-state index in [4.69, 9.17) is 0 Å². The highest BCUT2D eigenvalue weighted by atomic mass is 16.3. The lowest BCUT2D eigenvalue weighted by molar-refractivity contribution is -0.115. The number of pyridine rings is 1. The van der Waals surface area contributed by atoms with Crippen LogP contribution in [0.1, 0.15) is 39.0 Å². The lowest BCUT2D eigenvalue weighted by Crippen LogP contribution is -2.19. The van der Waals surface area contributed by atoms with E-state index in [1.165, 1.54) is 0 Å². The summed E-state index contributed by atoms with van der Waals surface area (Å²) in [6.45, 7) is 2.03. The van der Waals surface area contributed by atoms with Crippen molar-refractivity contribution in [2.75, 3.05) is 0 Å². The van der Waals surface area contributed by atoms with Crippen LogP contribution in [0.2, 0.25) is 0 Å². The molecule has 0 aromatic carbocycles. The zero-order chi connectivity index (χ0) is 13.7. The zero-order valence-corrected chi connectivity index (χ0v) is 11.1. The minimum Gasteiger partial charge on any atom is -0.511 e. The Balaban J connectivity index is 2.40. The van der Waals surface area contributed by atoms with E-state index in [1.54, 1.807) is 24.5 Å². The fourth-order valence-electron chi connectivity index (χ4n) is 2.20. The van der Waals surface area contributed by atoms with Gasteiger partial charge in [0.25, 0.3) is 0 Å². The van der Waals surface area contributed by atoms with Gasteiger partial charge in [-0.15, -0.1) is 0 Å². The molecule has 1 aliphatic rings. The molecule has 1 N–H and O–H groups in total. The summed E-state index contributed by atoms with van der Waals surface area (Å²) in [5, 5.41) is 9.98. The molecule has 0 atom stereocenters. The minimum atomic E-state index is 0.00464. The van der Waals surface area contributed by atoms with E-state index in [2.05, 4.69) is 9.98 Å². The maximum absolute atomic E-state index is 12.0. The maximum Gasteiger partial charge on any atom is 0.168 e. The molecule has 4 nitrogen and oxygen atoms in total. The third-order valence-electron chi connectivity index (χ3n) is 3.09. The molecule has 1 aliphatic carbocycles. The van der Waals surface area contributed by atoms with E-state index >= 15 is 0 Å². The van der Waals surface area contributed by atoms with Crippen molar-refractivity contribution in [2.24, 2.45) is 4.99 Å². The number of hydrogen-bond acceptors (Lipinski definition) is 4. The number of carbonyl (C=O) groups is 1.